The number of halogens is 6. The summed E-state index contributed by atoms with van der Waals surface area (Å²) in [7, 11) is 1.77. The average molecular weight is 536 g/mol. The van der Waals surface area contributed by atoms with Crippen LogP contribution in [0.1, 0.15) is 24.2 Å². The molecule has 0 atom stereocenters. The number of hydrogen-bond acceptors (Lipinski definition) is 5. The second kappa shape index (κ2) is 8.08. The Morgan fingerprint density at radius 1 is 1.11 bits per heavy atom. The molecule has 0 unspecified atom stereocenters. The highest BCUT2D eigenvalue weighted by atomic mass is 19.3. The summed E-state index contributed by atoms with van der Waals surface area (Å²) in [6.45, 7) is 1.62. The molecule has 8 nitrogen and oxygen atoms in total. The van der Waals surface area contributed by atoms with Gasteiger partial charge in [0.15, 0.2) is 5.82 Å². The minimum Gasteiger partial charge on any atom is -0.344 e. The highest BCUT2D eigenvalue weighted by Gasteiger charge is 2.59. The van der Waals surface area contributed by atoms with Crippen molar-refractivity contribution in [2.75, 3.05) is 5.32 Å². The zero-order valence-electron chi connectivity index (χ0n) is 20.3. The van der Waals surface area contributed by atoms with Crippen LogP contribution in [0, 0.1) is 12.3 Å². The van der Waals surface area contributed by atoms with Gasteiger partial charge in [0, 0.05) is 62.4 Å². The fourth-order valence-electron chi connectivity index (χ4n) is 5.51. The van der Waals surface area contributed by atoms with Gasteiger partial charge in [-0.25, -0.2) is 22.5 Å². The molecule has 1 spiro atoms. The van der Waals surface area contributed by atoms with Crippen molar-refractivity contribution in [3.63, 3.8) is 0 Å². The molecule has 5 heterocycles. The average Bonchev–Trinajstić information content (AvgIpc) is 3.51. The standard InChI is InChI=1S/C24H22F6N8/c1-13-7-31-17(33-18-3-4-32-36(18)2)6-15(13)14-5-16-19-34-35-21(24(29,30)20(25)26)38(19)12-22(11-37(16)8-14)9-23(27,28)10-22/h3-8,20H,9-12H2,1-2H3,(H,31,33). The lowest BCUT2D eigenvalue weighted by Crippen LogP contribution is -2.50. The van der Waals surface area contributed by atoms with Crippen LogP contribution in [-0.2, 0) is 26.1 Å². The number of fused-ring (bicyclic) bond motifs is 3. The van der Waals surface area contributed by atoms with E-state index in [0.29, 0.717) is 22.9 Å². The maximum atomic E-state index is 14.4. The Morgan fingerprint density at radius 2 is 1.87 bits per heavy atom. The largest absolute Gasteiger partial charge is 0.365 e. The van der Waals surface area contributed by atoms with Crippen molar-refractivity contribution in [3.8, 4) is 22.6 Å². The van der Waals surface area contributed by atoms with Gasteiger partial charge in [0.25, 0.3) is 0 Å². The van der Waals surface area contributed by atoms with E-state index in [1.807, 2.05) is 6.92 Å². The molecule has 0 amide bonds. The number of pyridine rings is 1. The maximum absolute atomic E-state index is 14.4. The van der Waals surface area contributed by atoms with E-state index in [1.165, 1.54) is 0 Å². The van der Waals surface area contributed by atoms with Gasteiger partial charge in [0.05, 0.1) is 11.9 Å². The summed E-state index contributed by atoms with van der Waals surface area (Å²) in [6.07, 6.45) is -0.114. The summed E-state index contributed by atoms with van der Waals surface area (Å²) in [5.74, 6) is -7.62. The fraction of sp³-hybridized carbons (Fsp3) is 0.417. The van der Waals surface area contributed by atoms with E-state index in [-0.39, 0.29) is 18.9 Å². The van der Waals surface area contributed by atoms with E-state index in [9.17, 15) is 26.3 Å². The quantitative estimate of drug-likeness (QED) is 0.347. The third-order valence-electron chi connectivity index (χ3n) is 7.21. The number of aryl methyl sites for hydroxylation is 2. The molecule has 1 aliphatic carbocycles. The molecule has 0 radical (unpaired) electrons. The van der Waals surface area contributed by atoms with Gasteiger partial charge < -0.3 is 14.5 Å². The molecular formula is C24H22F6N8. The highest BCUT2D eigenvalue weighted by molar-refractivity contribution is 5.75. The molecule has 1 saturated carbocycles. The third-order valence-corrected chi connectivity index (χ3v) is 7.21. The Kier molecular flexibility index (Phi) is 5.21. The van der Waals surface area contributed by atoms with Gasteiger partial charge >= 0.3 is 12.3 Å². The predicted molar refractivity (Wildman–Crippen MR) is 124 cm³/mol. The highest BCUT2D eigenvalue weighted by Crippen LogP contribution is 2.56. The first-order valence-corrected chi connectivity index (χ1v) is 11.8. The first kappa shape index (κ1) is 24.5. The summed E-state index contributed by atoms with van der Waals surface area (Å²) < 4.78 is 87.7. The second-order valence-corrected chi connectivity index (χ2v) is 10.2. The lowest BCUT2D eigenvalue weighted by atomic mass is 9.65. The van der Waals surface area contributed by atoms with Gasteiger partial charge in [-0.05, 0) is 30.2 Å². The third kappa shape index (κ3) is 3.84. The lowest BCUT2D eigenvalue weighted by molar-refractivity contribution is -0.175. The van der Waals surface area contributed by atoms with Crippen LogP contribution in [0.25, 0.3) is 22.6 Å². The summed E-state index contributed by atoms with van der Waals surface area (Å²) in [4.78, 5) is 4.40. The van der Waals surface area contributed by atoms with Crippen LogP contribution in [0.3, 0.4) is 0 Å². The zero-order chi connectivity index (χ0) is 27.0. The number of rotatable bonds is 5. The molecule has 1 N–H and O–H groups in total. The second-order valence-electron chi connectivity index (χ2n) is 10.2. The first-order chi connectivity index (χ1) is 17.9. The van der Waals surface area contributed by atoms with Crippen molar-refractivity contribution >= 4 is 11.6 Å². The molecule has 2 aliphatic rings. The van der Waals surface area contributed by atoms with E-state index < -0.39 is 42.4 Å². The smallest absolute Gasteiger partial charge is 0.344 e. The number of nitrogens with zero attached hydrogens (tertiary/aromatic N) is 7. The van der Waals surface area contributed by atoms with Crippen LogP contribution in [-0.4, -0.2) is 46.4 Å². The Morgan fingerprint density at radius 3 is 2.53 bits per heavy atom. The van der Waals surface area contributed by atoms with Gasteiger partial charge in [0.2, 0.25) is 11.7 Å². The minimum absolute atomic E-state index is 0.0707. The van der Waals surface area contributed by atoms with E-state index in [1.54, 1.807) is 53.1 Å². The molecular weight excluding hydrogens is 514 g/mol. The number of hydrogen-bond donors (Lipinski definition) is 1. The van der Waals surface area contributed by atoms with Crippen molar-refractivity contribution in [2.24, 2.45) is 12.5 Å². The van der Waals surface area contributed by atoms with Gasteiger partial charge in [-0.2, -0.15) is 13.9 Å². The topological polar surface area (TPSA) is 78.4 Å². The fourth-order valence-corrected chi connectivity index (χ4v) is 5.51. The normalized spacial score (nSPS) is 17.7. The van der Waals surface area contributed by atoms with Gasteiger partial charge in [0.1, 0.15) is 11.6 Å². The van der Waals surface area contributed by atoms with Gasteiger partial charge in [-0.15, -0.1) is 10.2 Å². The van der Waals surface area contributed by atoms with E-state index >= 15 is 0 Å². The maximum Gasteiger partial charge on any atom is 0.365 e. The SMILES string of the molecule is Cc1cnc(Nc2ccnn2C)cc1-c1cc2n(c1)CC1(Cn3c-2nnc3C(F)(F)C(F)F)CC(F)(F)C1. The van der Waals surface area contributed by atoms with Crippen LogP contribution in [0.15, 0.2) is 36.8 Å². The lowest BCUT2D eigenvalue weighted by Gasteiger charge is -2.47. The van der Waals surface area contributed by atoms with Gasteiger partial charge in [-0.3, -0.25) is 4.68 Å². The van der Waals surface area contributed by atoms with Crippen LogP contribution < -0.4 is 5.32 Å². The molecule has 1 aliphatic heterocycles. The van der Waals surface area contributed by atoms with E-state index in [4.69, 9.17) is 0 Å². The van der Waals surface area contributed by atoms with Crippen LogP contribution in [0.2, 0.25) is 0 Å². The molecule has 6 rings (SSSR count). The summed E-state index contributed by atoms with van der Waals surface area (Å²) in [6, 6.07) is 5.25. The van der Waals surface area contributed by atoms with Crippen molar-refractivity contribution in [1.82, 2.24) is 34.1 Å². The summed E-state index contributed by atoms with van der Waals surface area (Å²) in [5, 5.41) is 14.5. The van der Waals surface area contributed by atoms with Crippen LogP contribution in [0.5, 0.6) is 0 Å². The van der Waals surface area contributed by atoms with Crippen LogP contribution in [0.4, 0.5) is 38.0 Å². The Balaban J connectivity index is 1.46. The molecule has 0 bridgehead atoms. The molecule has 0 aromatic carbocycles. The number of nitrogens with one attached hydrogen (secondary N) is 1. The predicted octanol–water partition coefficient (Wildman–Crippen LogP) is 5.38. The summed E-state index contributed by atoms with van der Waals surface area (Å²) >= 11 is 0. The number of aromatic nitrogens is 7. The number of anilines is 2. The number of alkyl halides is 6. The molecule has 200 valence electrons. The molecule has 4 aromatic rings. The van der Waals surface area contributed by atoms with Crippen molar-refractivity contribution < 1.29 is 26.3 Å². The molecule has 4 aromatic heterocycles. The zero-order valence-corrected chi connectivity index (χ0v) is 20.3. The Hall–Kier alpha value is -3.84. The van der Waals surface area contributed by atoms with Crippen molar-refractivity contribution in [2.45, 2.75) is 51.1 Å². The Bertz CT molecular complexity index is 1530. The van der Waals surface area contributed by atoms with Crippen molar-refractivity contribution in [3.05, 3.63) is 48.2 Å². The molecule has 38 heavy (non-hydrogen) atoms. The van der Waals surface area contributed by atoms with Crippen LogP contribution >= 0.6 is 0 Å². The first-order valence-electron chi connectivity index (χ1n) is 11.8. The van der Waals surface area contributed by atoms with E-state index in [2.05, 4.69) is 25.6 Å². The van der Waals surface area contributed by atoms with E-state index in [0.717, 1.165) is 15.7 Å². The minimum atomic E-state index is -4.59. The Labute approximate surface area is 212 Å². The summed E-state index contributed by atoms with van der Waals surface area (Å²) in [5.41, 5.74) is 1.43. The molecule has 0 saturated heterocycles. The molecule has 1 fully saturated rings. The van der Waals surface area contributed by atoms with Crippen molar-refractivity contribution in [1.29, 1.82) is 0 Å². The molecule has 14 heteroatoms. The van der Waals surface area contributed by atoms with Gasteiger partial charge in [-0.1, -0.05) is 0 Å². The monoisotopic (exact) mass is 536 g/mol.